The minimum Gasteiger partial charge on any atom is -0.478 e. The monoisotopic (exact) mass is 359 g/mol. The van der Waals surface area contributed by atoms with Crippen LogP contribution in [0.3, 0.4) is 0 Å². The van der Waals surface area contributed by atoms with Crippen molar-refractivity contribution in [2.45, 2.75) is 20.0 Å². The summed E-state index contributed by atoms with van der Waals surface area (Å²) in [5.41, 5.74) is 0.925. The van der Waals surface area contributed by atoms with Crippen molar-refractivity contribution in [3.8, 4) is 5.88 Å². The van der Waals surface area contributed by atoms with Gasteiger partial charge in [0, 0.05) is 22.8 Å². The Labute approximate surface area is 147 Å². The second-order valence-corrected chi connectivity index (χ2v) is 5.90. The van der Waals surface area contributed by atoms with E-state index in [4.69, 9.17) is 21.4 Å². The third-order valence-corrected chi connectivity index (χ3v) is 3.99. The van der Waals surface area contributed by atoms with Crippen LogP contribution in [-0.4, -0.2) is 26.0 Å². The predicted molar refractivity (Wildman–Crippen MR) is 92.4 cm³/mol. The second-order valence-electron chi connectivity index (χ2n) is 5.49. The maximum Gasteiger partial charge on any atom is 0.337 e. The Bertz CT molecular complexity index is 1010. The van der Waals surface area contributed by atoms with Crippen LogP contribution in [0.5, 0.6) is 5.88 Å². The van der Waals surface area contributed by atoms with Crippen molar-refractivity contribution in [3.63, 3.8) is 0 Å². The Hall–Kier alpha value is -2.93. The van der Waals surface area contributed by atoms with Crippen LogP contribution in [-0.2, 0) is 0 Å². The molecule has 128 valence electrons. The maximum atomic E-state index is 12.1. The highest BCUT2D eigenvalue weighted by atomic mass is 35.5. The van der Waals surface area contributed by atoms with Crippen LogP contribution in [0.4, 0.5) is 0 Å². The fraction of sp³-hybridized carbons (Fsp3) is 0.176. The molecule has 25 heavy (non-hydrogen) atoms. The van der Waals surface area contributed by atoms with E-state index < -0.39 is 12.1 Å². The van der Waals surface area contributed by atoms with E-state index in [0.717, 1.165) is 0 Å². The molecule has 0 fully saturated rings. The molecule has 0 spiro atoms. The number of halogens is 1. The molecule has 1 unspecified atom stereocenters. The Morgan fingerprint density at radius 1 is 1.36 bits per heavy atom. The summed E-state index contributed by atoms with van der Waals surface area (Å²) < 4.78 is 5.71. The van der Waals surface area contributed by atoms with Crippen molar-refractivity contribution in [1.82, 2.24) is 15.0 Å². The fourth-order valence-corrected chi connectivity index (χ4v) is 2.74. The standard InChI is InChI=1S/C17H14ClN3O4/c1-8(25-15-4-3-10(7-19-15)17(23)24)11-5-12-14(6-13(11)18)20-9(2)21-16(12)22/h3-8H,1-2H3,(H,23,24)(H,20,21,22). The Morgan fingerprint density at radius 2 is 2.12 bits per heavy atom. The lowest BCUT2D eigenvalue weighted by molar-refractivity contribution is 0.0696. The average Bonchev–Trinajstić information content (AvgIpc) is 2.54. The minimum atomic E-state index is -1.06. The number of carbonyl (C=O) groups is 1. The van der Waals surface area contributed by atoms with Crippen LogP contribution in [0.25, 0.3) is 10.9 Å². The summed E-state index contributed by atoms with van der Waals surface area (Å²) in [5, 5.41) is 9.71. The lowest BCUT2D eigenvalue weighted by Crippen LogP contribution is -2.12. The first-order valence-corrected chi connectivity index (χ1v) is 7.79. The number of aromatic carboxylic acids is 1. The third kappa shape index (κ3) is 3.46. The van der Waals surface area contributed by atoms with Gasteiger partial charge in [-0.3, -0.25) is 4.79 Å². The highest BCUT2D eigenvalue weighted by Gasteiger charge is 2.16. The van der Waals surface area contributed by atoms with Gasteiger partial charge in [0.1, 0.15) is 11.9 Å². The van der Waals surface area contributed by atoms with Crippen LogP contribution < -0.4 is 10.3 Å². The van der Waals surface area contributed by atoms with Gasteiger partial charge >= 0.3 is 5.97 Å². The summed E-state index contributed by atoms with van der Waals surface area (Å²) in [7, 11) is 0. The van der Waals surface area contributed by atoms with E-state index >= 15 is 0 Å². The van der Waals surface area contributed by atoms with Gasteiger partial charge in [0.05, 0.1) is 16.5 Å². The molecule has 0 amide bonds. The van der Waals surface area contributed by atoms with Crippen LogP contribution in [0, 0.1) is 6.92 Å². The predicted octanol–water partition coefficient (Wildman–Crippen LogP) is 3.12. The zero-order valence-corrected chi connectivity index (χ0v) is 14.2. The van der Waals surface area contributed by atoms with Gasteiger partial charge in [0.15, 0.2) is 0 Å². The SMILES string of the molecule is Cc1nc2cc(Cl)c(C(C)Oc3ccc(C(=O)O)cn3)cc2c(=O)[nH]1. The van der Waals surface area contributed by atoms with Crippen LogP contribution >= 0.6 is 11.6 Å². The largest absolute Gasteiger partial charge is 0.478 e. The number of ether oxygens (including phenoxy) is 1. The van der Waals surface area contributed by atoms with Gasteiger partial charge in [-0.25, -0.2) is 14.8 Å². The number of aryl methyl sites for hydroxylation is 1. The molecule has 3 rings (SSSR count). The molecule has 2 heterocycles. The van der Waals surface area contributed by atoms with Crippen LogP contribution in [0.15, 0.2) is 35.3 Å². The molecular formula is C17H14ClN3O4. The number of aromatic amines is 1. The third-order valence-electron chi connectivity index (χ3n) is 3.66. The molecule has 1 aromatic carbocycles. The first-order chi connectivity index (χ1) is 11.8. The number of benzene rings is 1. The van der Waals surface area contributed by atoms with Crippen LogP contribution in [0.2, 0.25) is 5.02 Å². The molecule has 8 heteroatoms. The zero-order valence-electron chi connectivity index (χ0n) is 13.4. The highest BCUT2D eigenvalue weighted by Crippen LogP contribution is 2.29. The number of carboxylic acids is 1. The summed E-state index contributed by atoms with van der Waals surface area (Å²) in [4.78, 5) is 33.8. The van der Waals surface area contributed by atoms with E-state index in [0.29, 0.717) is 27.3 Å². The van der Waals surface area contributed by atoms with Crippen molar-refractivity contribution in [2.75, 3.05) is 0 Å². The van der Waals surface area contributed by atoms with Gasteiger partial charge in [-0.15, -0.1) is 0 Å². The van der Waals surface area contributed by atoms with E-state index in [2.05, 4.69) is 15.0 Å². The molecule has 0 bridgehead atoms. The number of fused-ring (bicyclic) bond motifs is 1. The number of hydrogen-bond donors (Lipinski definition) is 2. The lowest BCUT2D eigenvalue weighted by Gasteiger charge is -2.16. The summed E-state index contributed by atoms with van der Waals surface area (Å²) in [6.45, 7) is 3.45. The summed E-state index contributed by atoms with van der Waals surface area (Å²) in [6.07, 6.45) is 0.713. The lowest BCUT2D eigenvalue weighted by atomic mass is 10.1. The maximum absolute atomic E-state index is 12.1. The normalized spacial score (nSPS) is 12.1. The molecule has 0 radical (unpaired) electrons. The number of pyridine rings is 1. The van der Waals surface area contributed by atoms with Crippen molar-refractivity contribution in [2.24, 2.45) is 0 Å². The Kier molecular flexibility index (Phi) is 4.41. The quantitative estimate of drug-likeness (QED) is 0.741. The van der Waals surface area contributed by atoms with Crippen molar-refractivity contribution >= 4 is 28.5 Å². The molecule has 0 saturated heterocycles. The van der Waals surface area contributed by atoms with Gasteiger partial charge in [-0.1, -0.05) is 11.6 Å². The van der Waals surface area contributed by atoms with E-state index in [-0.39, 0.29) is 17.0 Å². The number of H-pyrrole nitrogens is 1. The van der Waals surface area contributed by atoms with E-state index in [1.807, 2.05) is 0 Å². The summed E-state index contributed by atoms with van der Waals surface area (Å²) >= 11 is 6.31. The molecule has 0 saturated carbocycles. The summed E-state index contributed by atoms with van der Waals surface area (Å²) in [6, 6.07) is 6.12. The van der Waals surface area contributed by atoms with Gasteiger partial charge in [-0.2, -0.15) is 0 Å². The molecule has 0 aliphatic carbocycles. The molecular weight excluding hydrogens is 346 g/mol. The van der Waals surface area contributed by atoms with Gasteiger partial charge in [-0.05, 0) is 32.0 Å². The first kappa shape index (κ1) is 16.9. The minimum absolute atomic E-state index is 0.0664. The molecule has 3 aromatic rings. The molecule has 7 nitrogen and oxygen atoms in total. The molecule has 0 aliphatic heterocycles. The number of nitrogens with one attached hydrogen (secondary N) is 1. The number of rotatable bonds is 4. The summed E-state index contributed by atoms with van der Waals surface area (Å²) in [5.74, 6) is -0.301. The molecule has 1 atom stereocenters. The fourth-order valence-electron chi connectivity index (χ4n) is 2.43. The second kappa shape index (κ2) is 6.52. The number of nitrogens with zero attached hydrogens (tertiary/aromatic N) is 2. The smallest absolute Gasteiger partial charge is 0.337 e. The topological polar surface area (TPSA) is 105 Å². The zero-order chi connectivity index (χ0) is 18.1. The van der Waals surface area contributed by atoms with E-state index in [9.17, 15) is 9.59 Å². The van der Waals surface area contributed by atoms with Crippen molar-refractivity contribution < 1.29 is 14.6 Å². The van der Waals surface area contributed by atoms with Gasteiger partial charge in [0.25, 0.3) is 5.56 Å². The molecule has 2 aromatic heterocycles. The van der Waals surface area contributed by atoms with Gasteiger partial charge < -0.3 is 14.8 Å². The van der Waals surface area contributed by atoms with E-state index in [1.165, 1.54) is 18.3 Å². The van der Waals surface area contributed by atoms with Crippen molar-refractivity contribution in [1.29, 1.82) is 0 Å². The molecule has 2 N–H and O–H groups in total. The van der Waals surface area contributed by atoms with Gasteiger partial charge in [0.2, 0.25) is 5.88 Å². The first-order valence-electron chi connectivity index (χ1n) is 7.41. The number of carboxylic acid groups (broad SMARTS) is 1. The van der Waals surface area contributed by atoms with Crippen LogP contribution in [0.1, 0.15) is 34.8 Å². The highest BCUT2D eigenvalue weighted by molar-refractivity contribution is 6.32. The average molecular weight is 360 g/mol. The Balaban J connectivity index is 1.93. The number of aromatic nitrogens is 3. The number of hydrogen-bond acceptors (Lipinski definition) is 5. The Morgan fingerprint density at radius 3 is 2.76 bits per heavy atom. The van der Waals surface area contributed by atoms with Crippen molar-refractivity contribution in [3.05, 3.63) is 62.8 Å². The van der Waals surface area contributed by atoms with E-state index in [1.54, 1.807) is 26.0 Å². The molecule has 0 aliphatic rings.